The van der Waals surface area contributed by atoms with Crippen molar-refractivity contribution in [1.82, 2.24) is 5.43 Å². The Morgan fingerprint density at radius 1 is 1.05 bits per heavy atom. The van der Waals surface area contributed by atoms with Gasteiger partial charge in [0, 0.05) is 9.90 Å². The highest BCUT2D eigenvalue weighted by Gasteiger charge is 2.30. The Kier molecular flexibility index (Phi) is 10.4. The summed E-state index contributed by atoms with van der Waals surface area (Å²) in [6.45, 7) is 6.70. The Bertz CT molecular complexity index is 1440. The number of anilines is 1. The molecule has 0 aliphatic heterocycles. The number of hydrogen-bond acceptors (Lipinski definition) is 8. The summed E-state index contributed by atoms with van der Waals surface area (Å²) < 4.78 is 16.8. The Morgan fingerprint density at radius 3 is 2.56 bits per heavy atom. The smallest absolute Gasteiger partial charge is 0.341 e. The quantitative estimate of drug-likeness (QED) is 0.133. The Morgan fingerprint density at radius 2 is 1.83 bits per heavy atom. The maximum atomic E-state index is 12.7. The molecule has 216 valence electrons. The largest absolute Gasteiger partial charge is 0.490 e. The van der Waals surface area contributed by atoms with E-state index in [4.69, 9.17) is 25.8 Å². The van der Waals surface area contributed by atoms with Crippen molar-refractivity contribution in [2.45, 2.75) is 46.6 Å². The van der Waals surface area contributed by atoms with Crippen LogP contribution in [0.2, 0.25) is 5.02 Å². The molecule has 0 saturated carbocycles. The summed E-state index contributed by atoms with van der Waals surface area (Å²) in [6, 6.07) is 12.6. The summed E-state index contributed by atoms with van der Waals surface area (Å²) in [6.07, 6.45) is 3.88. The molecule has 41 heavy (non-hydrogen) atoms. The van der Waals surface area contributed by atoms with E-state index in [1.807, 2.05) is 19.1 Å². The molecule has 1 aliphatic rings. The molecule has 0 saturated heterocycles. The maximum absolute atomic E-state index is 12.7. The molecular weight excluding hydrogens is 566 g/mol. The van der Waals surface area contributed by atoms with E-state index in [0.717, 1.165) is 35.3 Å². The first-order valence-corrected chi connectivity index (χ1v) is 14.6. The molecule has 0 fully saturated rings. The molecule has 0 bridgehead atoms. The van der Waals surface area contributed by atoms with Crippen molar-refractivity contribution in [3.63, 3.8) is 0 Å². The van der Waals surface area contributed by atoms with Crippen LogP contribution in [0.4, 0.5) is 5.00 Å². The van der Waals surface area contributed by atoms with Crippen LogP contribution in [0.25, 0.3) is 0 Å². The fraction of sp³-hybridized carbons (Fsp3) is 0.333. The van der Waals surface area contributed by atoms with Crippen molar-refractivity contribution in [3.05, 3.63) is 74.6 Å². The van der Waals surface area contributed by atoms with Crippen LogP contribution in [0, 0.1) is 5.92 Å². The third-order valence-electron chi connectivity index (χ3n) is 6.38. The molecule has 1 atom stereocenters. The summed E-state index contributed by atoms with van der Waals surface area (Å²) in [5.74, 6) is -0.863. The van der Waals surface area contributed by atoms with Gasteiger partial charge in [-0.3, -0.25) is 9.59 Å². The first-order chi connectivity index (χ1) is 19.8. The van der Waals surface area contributed by atoms with Crippen molar-refractivity contribution in [2.75, 3.05) is 18.5 Å². The number of hydrazone groups is 1. The Balaban J connectivity index is 1.39. The number of nitrogens with zero attached hydrogens (tertiary/aromatic N) is 1. The van der Waals surface area contributed by atoms with Crippen LogP contribution >= 0.6 is 22.9 Å². The molecule has 0 unspecified atom stereocenters. The molecule has 11 heteroatoms. The van der Waals surface area contributed by atoms with Crippen molar-refractivity contribution in [1.29, 1.82) is 0 Å². The van der Waals surface area contributed by atoms with Crippen LogP contribution in [-0.4, -0.2) is 37.2 Å². The third-order valence-corrected chi connectivity index (χ3v) is 7.80. The highest BCUT2D eigenvalue weighted by molar-refractivity contribution is 7.17. The standard InChI is InChI=1S/C30H32ClN3O6S/c1-4-38-24-15-20(9-13-23(24)40-17-19-7-10-21(31)11-8-19)16-32-34-28(36)27(35)33-29-26(30(37)39-5-2)22-12-6-18(3)14-25(22)41-29/h7-11,13,15-16,18H,4-6,12,14,17H2,1-3H3,(H,33,35)(H,34,36)/b32-16-/t18-/m0/s1. The number of carbonyl (C=O) groups is 3. The first kappa shape index (κ1) is 30.1. The molecule has 1 heterocycles. The zero-order valence-electron chi connectivity index (χ0n) is 23.1. The Hall–Kier alpha value is -3.89. The van der Waals surface area contributed by atoms with Crippen molar-refractivity contribution in [3.8, 4) is 11.5 Å². The minimum Gasteiger partial charge on any atom is -0.490 e. The van der Waals surface area contributed by atoms with Gasteiger partial charge in [-0.2, -0.15) is 5.10 Å². The van der Waals surface area contributed by atoms with Crippen LogP contribution in [0.15, 0.2) is 47.6 Å². The van der Waals surface area contributed by atoms with Gasteiger partial charge in [0.25, 0.3) is 0 Å². The number of halogens is 1. The van der Waals surface area contributed by atoms with Gasteiger partial charge in [-0.1, -0.05) is 30.7 Å². The molecule has 3 aromatic rings. The minimum atomic E-state index is -0.969. The van der Waals surface area contributed by atoms with Crippen LogP contribution in [-0.2, 0) is 33.8 Å². The van der Waals surface area contributed by atoms with Gasteiger partial charge in [0.1, 0.15) is 11.6 Å². The van der Waals surface area contributed by atoms with E-state index in [-0.39, 0.29) is 6.61 Å². The summed E-state index contributed by atoms with van der Waals surface area (Å²) in [4.78, 5) is 38.9. The fourth-order valence-electron chi connectivity index (χ4n) is 4.37. The molecule has 1 aliphatic carbocycles. The van der Waals surface area contributed by atoms with Gasteiger partial charge in [-0.15, -0.1) is 11.3 Å². The number of ether oxygens (including phenoxy) is 3. The van der Waals surface area contributed by atoms with Crippen molar-refractivity contribution in [2.24, 2.45) is 11.0 Å². The number of amides is 2. The lowest BCUT2D eigenvalue weighted by molar-refractivity contribution is -0.136. The third kappa shape index (κ3) is 7.86. The van der Waals surface area contributed by atoms with E-state index in [0.29, 0.717) is 51.8 Å². The molecule has 2 N–H and O–H groups in total. The zero-order chi connectivity index (χ0) is 29.4. The molecule has 2 aromatic carbocycles. The molecule has 2 amide bonds. The average molecular weight is 598 g/mol. The van der Waals surface area contributed by atoms with Gasteiger partial charge in [-0.25, -0.2) is 10.2 Å². The fourth-order valence-corrected chi connectivity index (χ4v) is 5.89. The number of esters is 1. The number of fused-ring (bicyclic) bond motifs is 1. The molecule has 0 radical (unpaired) electrons. The average Bonchev–Trinajstić information content (AvgIpc) is 3.30. The summed E-state index contributed by atoms with van der Waals surface area (Å²) in [5.41, 5.74) is 5.04. The number of thiophene rings is 1. The number of rotatable bonds is 10. The molecule has 4 rings (SSSR count). The van der Waals surface area contributed by atoms with Gasteiger partial charge >= 0.3 is 17.8 Å². The highest BCUT2D eigenvalue weighted by Crippen LogP contribution is 2.40. The van der Waals surface area contributed by atoms with Gasteiger partial charge in [0.05, 0.1) is 25.0 Å². The minimum absolute atomic E-state index is 0.211. The summed E-state index contributed by atoms with van der Waals surface area (Å²) >= 11 is 7.26. The molecular formula is C30H32ClN3O6S. The monoisotopic (exact) mass is 597 g/mol. The topological polar surface area (TPSA) is 115 Å². The van der Waals surface area contributed by atoms with E-state index >= 15 is 0 Å². The molecule has 9 nitrogen and oxygen atoms in total. The second-order valence-electron chi connectivity index (χ2n) is 9.48. The van der Waals surface area contributed by atoms with E-state index in [2.05, 4.69) is 22.8 Å². The van der Waals surface area contributed by atoms with Crippen LogP contribution in [0.5, 0.6) is 11.5 Å². The summed E-state index contributed by atoms with van der Waals surface area (Å²) in [7, 11) is 0. The van der Waals surface area contributed by atoms with E-state index in [1.165, 1.54) is 17.6 Å². The second-order valence-corrected chi connectivity index (χ2v) is 11.0. The maximum Gasteiger partial charge on any atom is 0.341 e. The van der Waals surface area contributed by atoms with Crippen LogP contribution in [0.3, 0.4) is 0 Å². The lowest BCUT2D eigenvalue weighted by Gasteiger charge is -2.18. The summed E-state index contributed by atoms with van der Waals surface area (Å²) in [5, 5.41) is 7.47. The van der Waals surface area contributed by atoms with Crippen molar-refractivity contribution >= 4 is 51.9 Å². The lowest BCUT2D eigenvalue weighted by atomic mass is 9.88. The molecule has 0 spiro atoms. The number of benzene rings is 2. The second kappa shape index (κ2) is 14.1. The van der Waals surface area contributed by atoms with Gasteiger partial charge in [-0.05, 0) is 86.1 Å². The molecule has 1 aromatic heterocycles. The highest BCUT2D eigenvalue weighted by atomic mass is 35.5. The van der Waals surface area contributed by atoms with E-state index < -0.39 is 17.8 Å². The van der Waals surface area contributed by atoms with E-state index in [1.54, 1.807) is 37.3 Å². The van der Waals surface area contributed by atoms with Gasteiger partial charge < -0.3 is 19.5 Å². The van der Waals surface area contributed by atoms with Gasteiger partial charge in [0.15, 0.2) is 11.5 Å². The number of hydrogen-bond donors (Lipinski definition) is 2. The van der Waals surface area contributed by atoms with Gasteiger partial charge in [0.2, 0.25) is 0 Å². The lowest BCUT2D eigenvalue weighted by Crippen LogP contribution is -2.32. The predicted molar refractivity (Wildman–Crippen MR) is 159 cm³/mol. The van der Waals surface area contributed by atoms with E-state index in [9.17, 15) is 14.4 Å². The van der Waals surface area contributed by atoms with Crippen LogP contribution < -0.4 is 20.2 Å². The first-order valence-electron chi connectivity index (χ1n) is 13.4. The predicted octanol–water partition coefficient (Wildman–Crippen LogP) is 5.77. The van der Waals surface area contributed by atoms with Crippen LogP contribution in [0.1, 0.15) is 59.1 Å². The number of nitrogens with one attached hydrogen (secondary N) is 2. The zero-order valence-corrected chi connectivity index (χ0v) is 24.7. The number of carbonyl (C=O) groups excluding carboxylic acids is 3. The SMILES string of the molecule is CCOC(=O)c1c(NC(=O)C(=O)N/N=C\c2ccc(OCc3ccc(Cl)cc3)c(OCC)c2)sc2c1CC[C@H](C)C2. The Labute approximate surface area is 247 Å². The van der Waals surface area contributed by atoms with Crippen molar-refractivity contribution < 1.29 is 28.6 Å². The normalized spacial score (nSPS) is 14.3.